The highest BCUT2D eigenvalue weighted by Gasteiger charge is 2.28. The number of carbonyl (C=O) groups is 1. The minimum Gasteiger partial charge on any atom is -0.370 e. The molecular formula is C26H25BrClN5O. The molecule has 6 nitrogen and oxygen atoms in total. The molecule has 1 amide bonds. The average Bonchev–Trinajstić information content (AvgIpc) is 3.45. The molecule has 1 aliphatic rings. The molecule has 1 aliphatic carbocycles. The number of anilines is 1. The Morgan fingerprint density at radius 3 is 2.62 bits per heavy atom. The molecule has 2 aromatic carbocycles. The van der Waals surface area contributed by atoms with Gasteiger partial charge in [-0.15, -0.1) is 0 Å². The lowest BCUT2D eigenvalue weighted by atomic mass is 10.0. The van der Waals surface area contributed by atoms with Crippen molar-refractivity contribution in [3.63, 3.8) is 0 Å². The standard InChI is InChI=1S/C26H25BrClN5O/c1-32(26(34)19-13-17-7-2-3-8-18(17)14-19)12-6-11-29-24-15-23(20-9-4-5-10-22(20)28)31-25-21(27)16-30-33(24)25/h2-5,7-10,15-16,19,29H,6,11-14H2,1H3. The fourth-order valence-corrected chi connectivity index (χ4v) is 5.14. The molecule has 2 aromatic heterocycles. The van der Waals surface area contributed by atoms with Crippen molar-refractivity contribution < 1.29 is 4.79 Å². The van der Waals surface area contributed by atoms with E-state index in [4.69, 9.17) is 16.6 Å². The molecule has 0 bridgehead atoms. The number of hydrogen-bond donors (Lipinski definition) is 1. The fraction of sp³-hybridized carbons (Fsp3) is 0.269. The number of hydrogen-bond acceptors (Lipinski definition) is 4. The molecule has 0 saturated carbocycles. The van der Waals surface area contributed by atoms with Gasteiger partial charge in [0.2, 0.25) is 5.91 Å². The van der Waals surface area contributed by atoms with Crippen LogP contribution in [0.3, 0.4) is 0 Å². The van der Waals surface area contributed by atoms with Crippen LogP contribution in [0.2, 0.25) is 5.02 Å². The minimum absolute atomic E-state index is 0.0507. The van der Waals surface area contributed by atoms with Gasteiger partial charge in [0.1, 0.15) is 5.82 Å². The quantitative estimate of drug-likeness (QED) is 0.316. The summed E-state index contributed by atoms with van der Waals surface area (Å²) in [5.41, 5.74) is 4.96. The zero-order valence-electron chi connectivity index (χ0n) is 18.8. The van der Waals surface area contributed by atoms with Crippen LogP contribution < -0.4 is 5.32 Å². The number of carbonyl (C=O) groups excluding carboxylic acids is 1. The van der Waals surface area contributed by atoms with Crippen molar-refractivity contribution in [3.05, 3.63) is 81.4 Å². The molecule has 0 fully saturated rings. The van der Waals surface area contributed by atoms with Gasteiger partial charge in [-0.3, -0.25) is 4.79 Å². The molecule has 0 spiro atoms. The van der Waals surface area contributed by atoms with E-state index in [2.05, 4.69) is 38.5 Å². The predicted molar refractivity (Wildman–Crippen MR) is 139 cm³/mol. The Kier molecular flexibility index (Phi) is 6.57. The molecule has 0 atom stereocenters. The molecule has 0 radical (unpaired) electrons. The van der Waals surface area contributed by atoms with Gasteiger partial charge in [-0.25, -0.2) is 4.98 Å². The minimum atomic E-state index is 0.0507. The monoisotopic (exact) mass is 537 g/mol. The SMILES string of the molecule is CN(CCCNc1cc(-c2ccccc2Cl)nc2c(Br)cnn12)C(=O)C1Cc2ccccc2C1. The van der Waals surface area contributed by atoms with Crippen molar-refractivity contribution in [1.82, 2.24) is 19.5 Å². The normalized spacial score (nSPS) is 13.3. The number of aromatic nitrogens is 3. The summed E-state index contributed by atoms with van der Waals surface area (Å²) in [5.74, 6) is 1.10. The smallest absolute Gasteiger partial charge is 0.226 e. The summed E-state index contributed by atoms with van der Waals surface area (Å²) in [6.07, 6.45) is 4.22. The Bertz CT molecular complexity index is 1330. The Morgan fingerprint density at radius 2 is 1.88 bits per heavy atom. The second-order valence-electron chi connectivity index (χ2n) is 8.65. The second kappa shape index (κ2) is 9.76. The van der Waals surface area contributed by atoms with Gasteiger partial charge < -0.3 is 10.2 Å². The number of halogens is 2. The number of rotatable bonds is 7. The number of fused-ring (bicyclic) bond motifs is 2. The van der Waals surface area contributed by atoms with Crippen LogP contribution in [0.4, 0.5) is 5.82 Å². The van der Waals surface area contributed by atoms with Crippen molar-refractivity contribution in [2.75, 3.05) is 25.5 Å². The van der Waals surface area contributed by atoms with Crippen molar-refractivity contribution in [1.29, 1.82) is 0 Å². The first-order chi connectivity index (χ1) is 16.5. The molecule has 34 heavy (non-hydrogen) atoms. The topological polar surface area (TPSA) is 62.5 Å². The lowest BCUT2D eigenvalue weighted by Gasteiger charge is -2.21. The maximum absolute atomic E-state index is 13.0. The molecule has 5 rings (SSSR count). The van der Waals surface area contributed by atoms with E-state index in [0.29, 0.717) is 23.8 Å². The third kappa shape index (κ3) is 4.55. The summed E-state index contributed by atoms with van der Waals surface area (Å²) in [6, 6.07) is 18.0. The van der Waals surface area contributed by atoms with E-state index in [1.807, 2.05) is 54.4 Å². The van der Waals surface area contributed by atoms with Crippen molar-refractivity contribution in [3.8, 4) is 11.3 Å². The molecular weight excluding hydrogens is 514 g/mol. The highest BCUT2D eigenvalue weighted by molar-refractivity contribution is 9.10. The van der Waals surface area contributed by atoms with Crippen LogP contribution in [0, 0.1) is 5.92 Å². The largest absolute Gasteiger partial charge is 0.370 e. The van der Waals surface area contributed by atoms with Gasteiger partial charge in [0, 0.05) is 42.7 Å². The molecule has 0 aliphatic heterocycles. The van der Waals surface area contributed by atoms with Gasteiger partial charge >= 0.3 is 0 Å². The highest BCUT2D eigenvalue weighted by atomic mass is 79.9. The highest BCUT2D eigenvalue weighted by Crippen LogP contribution is 2.30. The van der Waals surface area contributed by atoms with Gasteiger partial charge in [-0.1, -0.05) is 54.1 Å². The summed E-state index contributed by atoms with van der Waals surface area (Å²) in [4.78, 5) is 19.6. The fourth-order valence-electron chi connectivity index (χ4n) is 4.56. The third-order valence-corrected chi connectivity index (χ3v) is 7.22. The van der Waals surface area contributed by atoms with E-state index in [9.17, 15) is 4.79 Å². The lowest BCUT2D eigenvalue weighted by Crippen LogP contribution is -2.34. The number of benzene rings is 2. The average molecular weight is 539 g/mol. The van der Waals surface area contributed by atoms with Crippen LogP contribution in [0.5, 0.6) is 0 Å². The van der Waals surface area contributed by atoms with E-state index in [0.717, 1.165) is 40.8 Å². The zero-order chi connectivity index (χ0) is 23.7. The predicted octanol–water partition coefficient (Wildman–Crippen LogP) is 5.49. The maximum Gasteiger partial charge on any atom is 0.226 e. The third-order valence-electron chi connectivity index (χ3n) is 6.33. The molecule has 2 heterocycles. The van der Waals surface area contributed by atoms with Crippen molar-refractivity contribution >= 4 is 44.9 Å². The van der Waals surface area contributed by atoms with Crippen LogP contribution in [0.1, 0.15) is 17.5 Å². The molecule has 8 heteroatoms. The van der Waals surface area contributed by atoms with Gasteiger partial charge in [-0.05, 0) is 52.4 Å². The molecule has 0 saturated heterocycles. The first-order valence-electron chi connectivity index (χ1n) is 11.4. The molecule has 0 unspecified atom stereocenters. The lowest BCUT2D eigenvalue weighted by molar-refractivity contribution is -0.133. The van der Waals surface area contributed by atoms with Gasteiger partial charge in [0.05, 0.1) is 16.4 Å². The Morgan fingerprint density at radius 1 is 1.18 bits per heavy atom. The van der Waals surface area contributed by atoms with Crippen molar-refractivity contribution in [2.24, 2.45) is 5.92 Å². The first kappa shape index (κ1) is 22.9. The molecule has 4 aromatic rings. The van der Waals surface area contributed by atoms with Crippen LogP contribution in [0.15, 0.2) is 65.3 Å². The van der Waals surface area contributed by atoms with E-state index >= 15 is 0 Å². The maximum atomic E-state index is 13.0. The van der Waals surface area contributed by atoms with Crippen LogP contribution >= 0.6 is 27.5 Å². The number of nitrogens with one attached hydrogen (secondary N) is 1. The zero-order valence-corrected chi connectivity index (χ0v) is 21.2. The van der Waals surface area contributed by atoms with E-state index in [1.54, 1.807) is 10.7 Å². The Balaban J connectivity index is 1.23. The Hall–Kier alpha value is -2.90. The second-order valence-corrected chi connectivity index (χ2v) is 9.91. The summed E-state index contributed by atoms with van der Waals surface area (Å²) >= 11 is 9.95. The number of nitrogens with zero attached hydrogens (tertiary/aromatic N) is 4. The van der Waals surface area contributed by atoms with E-state index < -0.39 is 0 Å². The van der Waals surface area contributed by atoms with Crippen LogP contribution in [-0.4, -0.2) is 45.5 Å². The summed E-state index contributed by atoms with van der Waals surface area (Å²) < 4.78 is 2.59. The number of amides is 1. The van der Waals surface area contributed by atoms with Crippen molar-refractivity contribution in [2.45, 2.75) is 19.3 Å². The molecule has 174 valence electrons. The van der Waals surface area contributed by atoms with E-state index in [-0.39, 0.29) is 11.8 Å². The van der Waals surface area contributed by atoms with E-state index in [1.165, 1.54) is 11.1 Å². The summed E-state index contributed by atoms with van der Waals surface area (Å²) in [5, 5.41) is 8.55. The first-order valence-corrected chi connectivity index (χ1v) is 12.5. The van der Waals surface area contributed by atoms with Crippen LogP contribution in [-0.2, 0) is 17.6 Å². The van der Waals surface area contributed by atoms with Gasteiger partial charge in [0.25, 0.3) is 0 Å². The summed E-state index contributed by atoms with van der Waals surface area (Å²) in [7, 11) is 1.90. The Labute approximate surface area is 212 Å². The van der Waals surface area contributed by atoms with Gasteiger partial charge in [0.15, 0.2) is 5.65 Å². The van der Waals surface area contributed by atoms with Gasteiger partial charge in [-0.2, -0.15) is 9.61 Å². The molecule has 1 N–H and O–H groups in total. The summed E-state index contributed by atoms with van der Waals surface area (Å²) in [6.45, 7) is 1.38. The van der Waals surface area contributed by atoms with Crippen LogP contribution in [0.25, 0.3) is 16.9 Å².